The smallest absolute Gasteiger partial charge is 0.291 e. The summed E-state index contributed by atoms with van der Waals surface area (Å²) < 4.78 is 7.46. The number of non-ortho nitro benzene ring substituents is 1. The molecule has 0 unspecified atom stereocenters. The second-order valence-electron chi connectivity index (χ2n) is 5.59. The first kappa shape index (κ1) is 17.7. The van der Waals surface area contributed by atoms with Gasteiger partial charge in [-0.2, -0.15) is 0 Å². The predicted octanol–water partition coefficient (Wildman–Crippen LogP) is 3.77. The van der Waals surface area contributed by atoms with Gasteiger partial charge in [0.05, 0.1) is 16.4 Å². The Balaban J connectivity index is 1.67. The highest BCUT2D eigenvalue weighted by Crippen LogP contribution is 2.24. The standard InChI is InChI=1S/C17H16N4O4S/c1-11-3-4-12(21(23)24)9-14(11)19-16(22)15-6-5-13(25-15)10-26-17-18-7-8-20(17)2/h3-9H,10H2,1-2H3,(H,19,22). The molecular weight excluding hydrogens is 356 g/mol. The zero-order valence-electron chi connectivity index (χ0n) is 14.1. The molecule has 0 saturated heterocycles. The number of nitro groups is 1. The Morgan fingerprint density at radius 2 is 2.19 bits per heavy atom. The number of thioether (sulfide) groups is 1. The zero-order valence-corrected chi connectivity index (χ0v) is 14.9. The largest absolute Gasteiger partial charge is 0.455 e. The van der Waals surface area contributed by atoms with E-state index in [1.165, 1.54) is 23.9 Å². The molecule has 3 rings (SSSR count). The molecule has 0 aliphatic heterocycles. The minimum absolute atomic E-state index is 0.0856. The van der Waals surface area contributed by atoms with Crippen molar-refractivity contribution in [3.8, 4) is 0 Å². The molecule has 1 aromatic carbocycles. The number of hydrogen-bond acceptors (Lipinski definition) is 6. The lowest BCUT2D eigenvalue weighted by atomic mass is 10.2. The molecule has 0 aliphatic carbocycles. The fourth-order valence-corrected chi connectivity index (χ4v) is 3.07. The monoisotopic (exact) mass is 372 g/mol. The number of carbonyl (C=O) groups is 1. The van der Waals surface area contributed by atoms with E-state index in [1.54, 1.807) is 31.3 Å². The highest BCUT2D eigenvalue weighted by Gasteiger charge is 2.15. The van der Waals surface area contributed by atoms with Crippen LogP contribution in [0.5, 0.6) is 0 Å². The first-order chi connectivity index (χ1) is 12.4. The van der Waals surface area contributed by atoms with Crippen LogP contribution < -0.4 is 5.32 Å². The molecular formula is C17H16N4O4S. The summed E-state index contributed by atoms with van der Waals surface area (Å²) in [5.41, 5.74) is 1.02. The van der Waals surface area contributed by atoms with E-state index < -0.39 is 10.8 Å². The Hall–Kier alpha value is -3.07. The van der Waals surface area contributed by atoms with Crippen LogP contribution in [0.1, 0.15) is 21.9 Å². The van der Waals surface area contributed by atoms with Gasteiger partial charge in [0, 0.05) is 31.6 Å². The van der Waals surface area contributed by atoms with Crippen molar-refractivity contribution >= 4 is 29.0 Å². The Morgan fingerprint density at radius 1 is 1.38 bits per heavy atom. The first-order valence-electron chi connectivity index (χ1n) is 7.69. The number of anilines is 1. The second-order valence-corrected chi connectivity index (χ2v) is 6.53. The summed E-state index contributed by atoms with van der Waals surface area (Å²) in [5, 5.41) is 14.4. The summed E-state index contributed by atoms with van der Waals surface area (Å²) in [6.45, 7) is 1.76. The Bertz CT molecular complexity index is 963. The number of nitrogens with one attached hydrogen (secondary N) is 1. The van der Waals surface area contributed by atoms with Gasteiger partial charge in [-0.15, -0.1) is 0 Å². The van der Waals surface area contributed by atoms with Crippen molar-refractivity contribution in [3.05, 3.63) is 69.9 Å². The molecule has 3 aromatic rings. The zero-order chi connectivity index (χ0) is 18.7. The number of nitro benzene ring substituents is 1. The molecule has 0 atom stereocenters. The van der Waals surface area contributed by atoms with Gasteiger partial charge < -0.3 is 14.3 Å². The summed E-state index contributed by atoms with van der Waals surface area (Å²) in [6.07, 6.45) is 3.56. The lowest BCUT2D eigenvalue weighted by Crippen LogP contribution is -2.12. The van der Waals surface area contributed by atoms with Gasteiger partial charge >= 0.3 is 0 Å². The number of benzene rings is 1. The summed E-state index contributed by atoms with van der Waals surface area (Å²) in [5.74, 6) is 0.862. The number of aryl methyl sites for hydroxylation is 2. The van der Waals surface area contributed by atoms with E-state index in [1.807, 2.05) is 17.8 Å². The van der Waals surface area contributed by atoms with Crippen LogP contribution in [0.4, 0.5) is 11.4 Å². The van der Waals surface area contributed by atoms with Crippen LogP contribution in [0.2, 0.25) is 0 Å². The van der Waals surface area contributed by atoms with Crippen LogP contribution in [0.15, 0.2) is 52.3 Å². The molecule has 134 valence electrons. The quantitative estimate of drug-likeness (QED) is 0.401. The van der Waals surface area contributed by atoms with E-state index in [9.17, 15) is 14.9 Å². The first-order valence-corrected chi connectivity index (χ1v) is 8.68. The third-order valence-corrected chi connectivity index (χ3v) is 4.77. The van der Waals surface area contributed by atoms with Crippen molar-refractivity contribution in [1.82, 2.24) is 9.55 Å². The third-order valence-electron chi connectivity index (χ3n) is 3.69. The third kappa shape index (κ3) is 3.94. The second kappa shape index (κ2) is 7.44. The average Bonchev–Trinajstić information content (AvgIpc) is 3.23. The Labute approximate surface area is 153 Å². The molecule has 0 saturated carbocycles. The summed E-state index contributed by atoms with van der Waals surface area (Å²) in [6, 6.07) is 7.62. The fraction of sp³-hybridized carbons (Fsp3) is 0.176. The molecule has 0 bridgehead atoms. The lowest BCUT2D eigenvalue weighted by Gasteiger charge is -2.06. The van der Waals surface area contributed by atoms with Crippen LogP contribution in [0.25, 0.3) is 0 Å². The van der Waals surface area contributed by atoms with E-state index in [4.69, 9.17) is 4.42 Å². The molecule has 0 spiro atoms. The molecule has 2 aromatic heterocycles. The number of imidazole rings is 1. The van der Waals surface area contributed by atoms with E-state index in [-0.39, 0.29) is 11.4 Å². The molecule has 26 heavy (non-hydrogen) atoms. The average molecular weight is 372 g/mol. The maximum absolute atomic E-state index is 12.3. The highest BCUT2D eigenvalue weighted by molar-refractivity contribution is 7.98. The van der Waals surface area contributed by atoms with Gasteiger partial charge in [-0.3, -0.25) is 14.9 Å². The van der Waals surface area contributed by atoms with Gasteiger partial charge in [0.2, 0.25) is 0 Å². The molecule has 0 fully saturated rings. The number of rotatable bonds is 6. The van der Waals surface area contributed by atoms with Crippen molar-refractivity contribution < 1.29 is 14.1 Å². The van der Waals surface area contributed by atoms with Crippen molar-refractivity contribution in [3.63, 3.8) is 0 Å². The van der Waals surface area contributed by atoms with E-state index in [0.29, 0.717) is 17.2 Å². The highest BCUT2D eigenvalue weighted by atomic mass is 32.2. The molecule has 1 N–H and O–H groups in total. The minimum Gasteiger partial charge on any atom is -0.455 e. The maximum Gasteiger partial charge on any atom is 0.291 e. The molecule has 0 aliphatic rings. The van der Waals surface area contributed by atoms with Crippen LogP contribution in [-0.2, 0) is 12.8 Å². The normalized spacial score (nSPS) is 10.7. The van der Waals surface area contributed by atoms with Crippen molar-refractivity contribution in [2.45, 2.75) is 17.8 Å². The summed E-state index contributed by atoms with van der Waals surface area (Å²) in [4.78, 5) is 26.9. The molecule has 8 nitrogen and oxygen atoms in total. The molecule has 9 heteroatoms. The fourth-order valence-electron chi connectivity index (χ4n) is 2.25. The SMILES string of the molecule is Cc1ccc([N+](=O)[O-])cc1NC(=O)c1ccc(CSc2nccn2C)o1. The topological polar surface area (TPSA) is 103 Å². The van der Waals surface area contributed by atoms with Crippen LogP contribution in [0.3, 0.4) is 0 Å². The number of carbonyl (C=O) groups excluding carboxylic acids is 1. The molecule has 1 amide bonds. The van der Waals surface area contributed by atoms with Crippen LogP contribution in [0, 0.1) is 17.0 Å². The Kier molecular flexibility index (Phi) is 5.08. The number of aromatic nitrogens is 2. The number of nitrogens with zero attached hydrogens (tertiary/aromatic N) is 3. The van der Waals surface area contributed by atoms with Crippen molar-refractivity contribution in [1.29, 1.82) is 0 Å². The number of furan rings is 1. The molecule has 0 radical (unpaired) electrons. The van der Waals surface area contributed by atoms with E-state index in [0.717, 1.165) is 10.7 Å². The van der Waals surface area contributed by atoms with Gasteiger partial charge in [-0.05, 0) is 24.6 Å². The van der Waals surface area contributed by atoms with Crippen molar-refractivity contribution in [2.24, 2.45) is 7.05 Å². The minimum atomic E-state index is -0.505. The van der Waals surface area contributed by atoms with Crippen molar-refractivity contribution in [2.75, 3.05) is 5.32 Å². The van der Waals surface area contributed by atoms with E-state index >= 15 is 0 Å². The lowest BCUT2D eigenvalue weighted by molar-refractivity contribution is -0.384. The van der Waals surface area contributed by atoms with Gasteiger partial charge in [0.1, 0.15) is 5.76 Å². The van der Waals surface area contributed by atoms with Crippen LogP contribution >= 0.6 is 11.8 Å². The maximum atomic E-state index is 12.3. The molecule has 2 heterocycles. The number of hydrogen-bond donors (Lipinski definition) is 1. The van der Waals surface area contributed by atoms with Gasteiger partial charge in [0.25, 0.3) is 11.6 Å². The van der Waals surface area contributed by atoms with Crippen LogP contribution in [-0.4, -0.2) is 20.4 Å². The predicted molar refractivity (Wildman–Crippen MR) is 97.3 cm³/mol. The summed E-state index contributed by atoms with van der Waals surface area (Å²) in [7, 11) is 1.90. The number of amides is 1. The van der Waals surface area contributed by atoms with E-state index in [2.05, 4.69) is 10.3 Å². The van der Waals surface area contributed by atoms with Gasteiger partial charge in [-0.25, -0.2) is 4.98 Å². The summed E-state index contributed by atoms with van der Waals surface area (Å²) >= 11 is 1.49. The Morgan fingerprint density at radius 3 is 2.88 bits per heavy atom. The van der Waals surface area contributed by atoms with Gasteiger partial charge in [-0.1, -0.05) is 17.8 Å². The van der Waals surface area contributed by atoms with Gasteiger partial charge in [0.15, 0.2) is 10.9 Å².